The van der Waals surface area contributed by atoms with Crippen LogP contribution < -0.4 is 5.32 Å². The van der Waals surface area contributed by atoms with Crippen molar-refractivity contribution >= 4 is 28.8 Å². The summed E-state index contributed by atoms with van der Waals surface area (Å²) in [7, 11) is 0. The summed E-state index contributed by atoms with van der Waals surface area (Å²) >= 11 is 0.870. The average Bonchev–Trinajstić information content (AvgIpc) is 2.34. The van der Waals surface area contributed by atoms with Crippen LogP contribution in [0, 0.1) is 0 Å². The minimum Gasteiger partial charge on any atom is -0.480 e. The van der Waals surface area contributed by atoms with Crippen molar-refractivity contribution in [2.45, 2.75) is 13.0 Å². The number of nitrogens with one attached hydrogen (secondary N) is 1. The molecule has 6 heteroatoms. The Morgan fingerprint density at radius 1 is 1.28 bits per heavy atom. The normalized spacial score (nSPS) is 11.6. The summed E-state index contributed by atoms with van der Waals surface area (Å²) in [6.45, 7) is 1.35. The van der Waals surface area contributed by atoms with Gasteiger partial charge in [-0.1, -0.05) is 30.0 Å². The molecular formula is C12H13NO4S. The SMILES string of the molecule is CC(=O)SC[C@H](NC(=O)c1ccccc1)C(=O)O. The van der Waals surface area contributed by atoms with Crippen LogP contribution in [0.25, 0.3) is 0 Å². The van der Waals surface area contributed by atoms with Crippen molar-refractivity contribution in [3.63, 3.8) is 0 Å². The van der Waals surface area contributed by atoms with Crippen LogP contribution in [0.2, 0.25) is 0 Å². The van der Waals surface area contributed by atoms with E-state index in [4.69, 9.17) is 5.11 Å². The first-order valence-electron chi connectivity index (χ1n) is 5.23. The fourth-order valence-electron chi connectivity index (χ4n) is 1.21. The number of hydrogen-bond donors (Lipinski definition) is 2. The van der Waals surface area contributed by atoms with E-state index in [0.29, 0.717) is 5.56 Å². The summed E-state index contributed by atoms with van der Waals surface area (Å²) in [5.41, 5.74) is 0.386. The van der Waals surface area contributed by atoms with Crippen molar-refractivity contribution in [3.8, 4) is 0 Å². The van der Waals surface area contributed by atoms with E-state index in [9.17, 15) is 14.4 Å². The van der Waals surface area contributed by atoms with Gasteiger partial charge in [-0.15, -0.1) is 0 Å². The summed E-state index contributed by atoms with van der Waals surface area (Å²) in [5, 5.41) is 11.1. The predicted molar refractivity (Wildman–Crippen MR) is 68.5 cm³/mol. The largest absolute Gasteiger partial charge is 0.480 e. The van der Waals surface area contributed by atoms with Crippen molar-refractivity contribution in [1.29, 1.82) is 0 Å². The number of hydrogen-bond acceptors (Lipinski definition) is 4. The lowest BCUT2D eigenvalue weighted by molar-refractivity contribution is -0.138. The number of rotatable bonds is 5. The first-order valence-corrected chi connectivity index (χ1v) is 6.21. The highest BCUT2D eigenvalue weighted by atomic mass is 32.2. The molecule has 0 heterocycles. The maximum absolute atomic E-state index is 11.7. The lowest BCUT2D eigenvalue weighted by Crippen LogP contribution is -2.42. The van der Waals surface area contributed by atoms with Crippen LogP contribution in [0.5, 0.6) is 0 Å². The fraction of sp³-hybridized carbons (Fsp3) is 0.250. The smallest absolute Gasteiger partial charge is 0.327 e. The van der Waals surface area contributed by atoms with Crippen LogP contribution in [0.15, 0.2) is 30.3 Å². The lowest BCUT2D eigenvalue weighted by atomic mass is 10.2. The number of aliphatic carboxylic acids is 1. The van der Waals surface area contributed by atoms with Crippen LogP contribution in [0.4, 0.5) is 0 Å². The van der Waals surface area contributed by atoms with Gasteiger partial charge in [-0.05, 0) is 12.1 Å². The van der Waals surface area contributed by atoms with E-state index in [1.807, 2.05) is 0 Å². The van der Waals surface area contributed by atoms with Gasteiger partial charge in [-0.3, -0.25) is 9.59 Å². The number of carbonyl (C=O) groups is 3. The van der Waals surface area contributed by atoms with E-state index >= 15 is 0 Å². The second-order valence-corrected chi connectivity index (χ2v) is 4.73. The minimum atomic E-state index is -1.16. The second-order valence-electron chi connectivity index (χ2n) is 3.53. The molecule has 0 fully saturated rings. The average molecular weight is 267 g/mol. The molecule has 1 atom stereocenters. The quantitative estimate of drug-likeness (QED) is 0.836. The molecule has 2 N–H and O–H groups in total. The molecule has 0 aliphatic rings. The first-order chi connectivity index (χ1) is 8.50. The Morgan fingerprint density at radius 3 is 2.39 bits per heavy atom. The Balaban J connectivity index is 2.64. The molecule has 1 rings (SSSR count). The molecule has 18 heavy (non-hydrogen) atoms. The molecule has 5 nitrogen and oxygen atoms in total. The predicted octanol–water partition coefficient (Wildman–Crippen LogP) is 1.15. The fourth-order valence-corrected chi connectivity index (χ4v) is 1.83. The van der Waals surface area contributed by atoms with Crippen molar-refractivity contribution < 1.29 is 19.5 Å². The zero-order valence-corrected chi connectivity index (χ0v) is 10.6. The molecule has 0 spiro atoms. The third-order valence-electron chi connectivity index (χ3n) is 2.09. The second kappa shape index (κ2) is 6.80. The molecule has 0 aliphatic carbocycles. The Kier molecular flexibility index (Phi) is 5.38. The highest BCUT2D eigenvalue weighted by Gasteiger charge is 2.21. The van der Waals surface area contributed by atoms with Crippen LogP contribution >= 0.6 is 11.8 Å². The van der Waals surface area contributed by atoms with Crippen molar-refractivity contribution in [2.24, 2.45) is 0 Å². The molecule has 0 aromatic heterocycles. The molecule has 0 saturated heterocycles. The topological polar surface area (TPSA) is 83.5 Å². The molecule has 96 valence electrons. The Morgan fingerprint density at radius 2 is 1.89 bits per heavy atom. The molecule has 0 unspecified atom stereocenters. The Bertz CT molecular complexity index is 447. The van der Waals surface area contributed by atoms with Crippen LogP contribution in [-0.4, -0.2) is 33.9 Å². The summed E-state index contributed by atoms with van der Waals surface area (Å²) in [6.07, 6.45) is 0. The number of carbonyl (C=O) groups excluding carboxylic acids is 2. The molecule has 1 aromatic carbocycles. The number of benzene rings is 1. The van der Waals surface area contributed by atoms with Gasteiger partial charge in [0.2, 0.25) is 0 Å². The van der Waals surface area contributed by atoms with Gasteiger partial charge < -0.3 is 10.4 Å². The van der Waals surface area contributed by atoms with Gasteiger partial charge in [0, 0.05) is 18.2 Å². The highest BCUT2D eigenvalue weighted by molar-refractivity contribution is 8.13. The number of thioether (sulfide) groups is 1. The van der Waals surface area contributed by atoms with Crippen LogP contribution in [0.3, 0.4) is 0 Å². The van der Waals surface area contributed by atoms with E-state index in [-0.39, 0.29) is 10.9 Å². The molecule has 0 radical (unpaired) electrons. The summed E-state index contributed by atoms with van der Waals surface area (Å²) in [6, 6.07) is 7.24. The van der Waals surface area contributed by atoms with Gasteiger partial charge in [-0.2, -0.15) is 0 Å². The Hall–Kier alpha value is -1.82. The lowest BCUT2D eigenvalue weighted by Gasteiger charge is -2.13. The monoisotopic (exact) mass is 267 g/mol. The van der Waals surface area contributed by atoms with Gasteiger partial charge in [0.05, 0.1) is 0 Å². The summed E-state index contributed by atoms with van der Waals surface area (Å²) in [5.74, 6) is -1.61. The maximum atomic E-state index is 11.7. The van der Waals surface area contributed by atoms with Gasteiger partial charge in [0.15, 0.2) is 5.12 Å². The van der Waals surface area contributed by atoms with Crippen molar-refractivity contribution in [3.05, 3.63) is 35.9 Å². The summed E-state index contributed by atoms with van der Waals surface area (Å²) < 4.78 is 0. The van der Waals surface area contributed by atoms with Gasteiger partial charge in [0.1, 0.15) is 6.04 Å². The highest BCUT2D eigenvalue weighted by Crippen LogP contribution is 2.06. The van der Waals surface area contributed by atoms with Crippen LogP contribution in [0.1, 0.15) is 17.3 Å². The molecular weight excluding hydrogens is 254 g/mol. The molecule has 0 aliphatic heterocycles. The molecule has 0 saturated carbocycles. The summed E-state index contributed by atoms with van der Waals surface area (Å²) in [4.78, 5) is 33.5. The molecule has 1 aromatic rings. The number of carboxylic acid groups (broad SMARTS) is 1. The maximum Gasteiger partial charge on any atom is 0.327 e. The van der Waals surface area contributed by atoms with E-state index in [0.717, 1.165) is 11.8 Å². The van der Waals surface area contributed by atoms with E-state index < -0.39 is 17.9 Å². The molecule has 0 bridgehead atoms. The van der Waals surface area contributed by atoms with E-state index in [1.165, 1.54) is 6.92 Å². The van der Waals surface area contributed by atoms with Crippen molar-refractivity contribution in [1.82, 2.24) is 5.32 Å². The third-order valence-corrected chi connectivity index (χ3v) is 3.00. The number of amides is 1. The third kappa shape index (κ3) is 4.58. The van der Waals surface area contributed by atoms with Gasteiger partial charge in [-0.25, -0.2) is 4.79 Å². The van der Waals surface area contributed by atoms with Crippen LogP contribution in [-0.2, 0) is 9.59 Å². The van der Waals surface area contributed by atoms with E-state index in [2.05, 4.69) is 5.32 Å². The molecule has 1 amide bonds. The van der Waals surface area contributed by atoms with Crippen molar-refractivity contribution in [2.75, 3.05) is 5.75 Å². The van der Waals surface area contributed by atoms with E-state index in [1.54, 1.807) is 30.3 Å². The first kappa shape index (κ1) is 14.2. The number of carboxylic acids is 1. The zero-order chi connectivity index (χ0) is 13.5. The Labute approximate surface area is 109 Å². The zero-order valence-electron chi connectivity index (χ0n) is 9.75. The standard InChI is InChI=1S/C12H13NO4S/c1-8(14)18-7-10(12(16)17)13-11(15)9-5-3-2-4-6-9/h2-6,10H,7H2,1H3,(H,13,15)(H,16,17)/t10-/m0/s1. The van der Waals surface area contributed by atoms with Gasteiger partial charge in [0.25, 0.3) is 5.91 Å². The van der Waals surface area contributed by atoms with Gasteiger partial charge >= 0.3 is 5.97 Å². The minimum absolute atomic E-state index is 0.0171.